The van der Waals surface area contributed by atoms with E-state index >= 15 is 0 Å². The maximum atomic E-state index is 12.7. The second-order valence-corrected chi connectivity index (χ2v) is 7.79. The largest absolute Gasteiger partial charge is 0.444 e. The SMILES string of the molecule is CC(C)(C)OC(=O)NC[C@@H]1CC[C@@H]2CN1C(=O)N2OCc1ccccc1. The number of nitrogens with one attached hydrogen (secondary N) is 1. The average Bonchev–Trinajstić information content (AvgIpc) is 2.83. The number of urea groups is 1. The zero-order valence-corrected chi connectivity index (χ0v) is 15.6. The van der Waals surface area contributed by atoms with Crippen LogP contribution in [0.4, 0.5) is 9.59 Å². The summed E-state index contributed by atoms with van der Waals surface area (Å²) >= 11 is 0. The minimum atomic E-state index is -0.534. The Hall–Kier alpha value is -2.28. The molecular weight excluding hydrogens is 334 g/mol. The lowest BCUT2D eigenvalue weighted by Gasteiger charge is -2.30. The molecule has 1 aromatic rings. The Morgan fingerprint density at radius 1 is 1.23 bits per heavy atom. The van der Waals surface area contributed by atoms with Gasteiger partial charge in [0, 0.05) is 13.1 Å². The molecule has 2 heterocycles. The molecule has 2 fully saturated rings. The molecule has 0 radical (unpaired) electrons. The van der Waals surface area contributed by atoms with E-state index in [1.54, 1.807) is 4.90 Å². The lowest BCUT2D eigenvalue weighted by Crippen LogP contribution is -2.47. The van der Waals surface area contributed by atoms with E-state index in [4.69, 9.17) is 9.57 Å². The number of ether oxygens (including phenoxy) is 1. The number of nitrogens with zero attached hydrogens (tertiary/aromatic N) is 2. The number of hydroxylamine groups is 2. The Morgan fingerprint density at radius 2 is 1.96 bits per heavy atom. The third kappa shape index (κ3) is 4.46. The van der Waals surface area contributed by atoms with Crippen LogP contribution in [0.15, 0.2) is 30.3 Å². The summed E-state index contributed by atoms with van der Waals surface area (Å²) in [5, 5.41) is 4.27. The number of hydrogen-bond donors (Lipinski definition) is 1. The molecule has 142 valence electrons. The van der Waals surface area contributed by atoms with Crippen molar-refractivity contribution in [1.29, 1.82) is 0 Å². The number of amides is 3. The highest BCUT2D eigenvalue weighted by molar-refractivity contribution is 5.77. The van der Waals surface area contributed by atoms with Crippen LogP contribution < -0.4 is 5.32 Å². The number of fused-ring (bicyclic) bond motifs is 2. The van der Waals surface area contributed by atoms with Crippen molar-refractivity contribution in [2.75, 3.05) is 13.1 Å². The zero-order valence-electron chi connectivity index (χ0n) is 15.6. The van der Waals surface area contributed by atoms with Crippen molar-refractivity contribution < 1.29 is 19.2 Å². The Bertz CT molecular complexity index is 644. The van der Waals surface area contributed by atoms with E-state index in [-0.39, 0.29) is 18.1 Å². The number of hydrogen-bond acceptors (Lipinski definition) is 4. The lowest BCUT2D eigenvalue weighted by atomic mass is 10.0. The topological polar surface area (TPSA) is 71.1 Å². The first-order valence-corrected chi connectivity index (χ1v) is 9.07. The molecule has 26 heavy (non-hydrogen) atoms. The van der Waals surface area contributed by atoms with E-state index in [0.717, 1.165) is 18.4 Å². The predicted octanol–water partition coefficient (Wildman–Crippen LogP) is 2.91. The molecule has 1 N–H and O–H groups in total. The van der Waals surface area contributed by atoms with Crippen LogP contribution in [0, 0.1) is 0 Å². The van der Waals surface area contributed by atoms with E-state index in [9.17, 15) is 9.59 Å². The summed E-state index contributed by atoms with van der Waals surface area (Å²) in [6.07, 6.45) is 1.23. The fourth-order valence-corrected chi connectivity index (χ4v) is 3.32. The molecule has 0 spiro atoms. The van der Waals surface area contributed by atoms with Gasteiger partial charge >= 0.3 is 12.1 Å². The fourth-order valence-electron chi connectivity index (χ4n) is 3.32. The van der Waals surface area contributed by atoms with E-state index in [2.05, 4.69) is 5.32 Å². The molecule has 0 aliphatic carbocycles. The molecule has 7 heteroatoms. The number of rotatable bonds is 5. The number of carbonyl (C=O) groups excluding carboxylic acids is 2. The molecule has 2 atom stereocenters. The van der Waals surface area contributed by atoms with Gasteiger partial charge < -0.3 is 15.0 Å². The van der Waals surface area contributed by atoms with Crippen molar-refractivity contribution in [3.05, 3.63) is 35.9 Å². The molecule has 1 aromatic carbocycles. The minimum absolute atomic E-state index is 0.0309. The molecule has 2 aliphatic heterocycles. The van der Waals surface area contributed by atoms with Gasteiger partial charge in [0.25, 0.3) is 0 Å². The van der Waals surface area contributed by atoms with Gasteiger partial charge in [0.1, 0.15) is 12.2 Å². The first-order valence-electron chi connectivity index (χ1n) is 9.07. The van der Waals surface area contributed by atoms with Gasteiger partial charge in [-0.15, -0.1) is 0 Å². The van der Waals surface area contributed by atoms with Crippen molar-refractivity contribution in [1.82, 2.24) is 15.3 Å². The molecule has 3 rings (SSSR count). The van der Waals surface area contributed by atoms with Crippen LogP contribution in [0.1, 0.15) is 39.2 Å². The summed E-state index contributed by atoms with van der Waals surface area (Å²) in [5.74, 6) is 0. The van der Waals surface area contributed by atoms with Crippen molar-refractivity contribution in [3.63, 3.8) is 0 Å². The van der Waals surface area contributed by atoms with Gasteiger partial charge in [-0.05, 0) is 39.2 Å². The van der Waals surface area contributed by atoms with E-state index in [1.807, 2.05) is 51.1 Å². The molecule has 2 bridgehead atoms. The quantitative estimate of drug-likeness (QED) is 0.875. The summed E-state index contributed by atoms with van der Waals surface area (Å²) in [4.78, 5) is 32.1. The Labute approximate surface area is 154 Å². The first kappa shape index (κ1) is 18.5. The zero-order chi connectivity index (χ0) is 18.7. The van der Waals surface area contributed by atoms with Crippen LogP contribution in [0.3, 0.4) is 0 Å². The van der Waals surface area contributed by atoms with Crippen molar-refractivity contribution in [3.8, 4) is 0 Å². The molecule has 7 nitrogen and oxygen atoms in total. The maximum absolute atomic E-state index is 12.7. The summed E-state index contributed by atoms with van der Waals surface area (Å²) < 4.78 is 5.25. The molecular formula is C19H27N3O4. The van der Waals surface area contributed by atoms with Gasteiger partial charge in [0.15, 0.2) is 0 Å². The van der Waals surface area contributed by atoms with Crippen LogP contribution in [-0.4, -0.2) is 52.9 Å². The van der Waals surface area contributed by atoms with Gasteiger partial charge in [0.05, 0.1) is 12.1 Å². The number of piperidine rings is 1. The van der Waals surface area contributed by atoms with Crippen LogP contribution in [0.2, 0.25) is 0 Å². The van der Waals surface area contributed by atoms with Crippen molar-refractivity contribution in [2.45, 2.75) is 57.9 Å². The molecule has 3 amide bonds. The summed E-state index contributed by atoms with van der Waals surface area (Å²) in [6.45, 7) is 6.86. The lowest BCUT2D eigenvalue weighted by molar-refractivity contribution is -0.140. The summed E-state index contributed by atoms with van der Waals surface area (Å²) in [6, 6.07) is 9.71. The number of alkyl carbamates (subject to hydrolysis) is 1. The molecule has 0 saturated carbocycles. The monoisotopic (exact) mass is 361 g/mol. The van der Waals surface area contributed by atoms with Gasteiger partial charge in [-0.2, -0.15) is 5.06 Å². The molecule has 2 saturated heterocycles. The standard InChI is InChI=1S/C19H27N3O4/c1-19(2,3)26-17(23)20-11-15-9-10-16-12-21(15)18(24)22(16)25-13-14-7-5-4-6-8-14/h4-8,15-16H,9-13H2,1-3H3,(H,20,23)/t15-,16+/m0/s1. The minimum Gasteiger partial charge on any atom is -0.444 e. The van der Waals surface area contributed by atoms with Gasteiger partial charge in [-0.1, -0.05) is 30.3 Å². The molecule has 0 unspecified atom stereocenters. The van der Waals surface area contributed by atoms with Crippen LogP contribution in [-0.2, 0) is 16.2 Å². The number of carbonyl (C=O) groups is 2. The van der Waals surface area contributed by atoms with Crippen LogP contribution >= 0.6 is 0 Å². The van der Waals surface area contributed by atoms with E-state index < -0.39 is 11.7 Å². The third-order valence-corrected chi connectivity index (χ3v) is 4.54. The fraction of sp³-hybridized carbons (Fsp3) is 0.579. The summed E-state index contributed by atoms with van der Waals surface area (Å²) in [7, 11) is 0. The van der Waals surface area contributed by atoms with E-state index in [0.29, 0.717) is 19.7 Å². The van der Waals surface area contributed by atoms with Crippen LogP contribution in [0.25, 0.3) is 0 Å². The Kier molecular flexibility index (Phi) is 5.36. The average molecular weight is 361 g/mol. The normalized spacial score (nSPS) is 22.5. The third-order valence-electron chi connectivity index (χ3n) is 4.54. The van der Waals surface area contributed by atoms with E-state index in [1.165, 1.54) is 5.06 Å². The highest BCUT2D eigenvalue weighted by Gasteiger charge is 2.45. The molecule has 2 aliphatic rings. The highest BCUT2D eigenvalue weighted by atomic mass is 16.7. The Balaban J connectivity index is 1.52. The van der Waals surface area contributed by atoms with Gasteiger partial charge in [-0.25, -0.2) is 9.59 Å². The Morgan fingerprint density at radius 3 is 2.65 bits per heavy atom. The smallest absolute Gasteiger partial charge is 0.407 e. The number of benzene rings is 1. The second kappa shape index (κ2) is 7.53. The van der Waals surface area contributed by atoms with Crippen molar-refractivity contribution >= 4 is 12.1 Å². The highest BCUT2D eigenvalue weighted by Crippen LogP contribution is 2.30. The predicted molar refractivity (Wildman–Crippen MR) is 96.2 cm³/mol. The first-order chi connectivity index (χ1) is 12.3. The van der Waals surface area contributed by atoms with Gasteiger partial charge in [0.2, 0.25) is 0 Å². The van der Waals surface area contributed by atoms with Crippen molar-refractivity contribution in [2.24, 2.45) is 0 Å². The second-order valence-electron chi connectivity index (χ2n) is 7.79. The maximum Gasteiger partial charge on any atom is 0.407 e. The van der Waals surface area contributed by atoms with Gasteiger partial charge in [-0.3, -0.25) is 4.84 Å². The van der Waals surface area contributed by atoms with Crippen LogP contribution in [0.5, 0.6) is 0 Å². The summed E-state index contributed by atoms with van der Waals surface area (Å²) in [5.41, 5.74) is 0.493. The molecule has 0 aromatic heterocycles.